The van der Waals surface area contributed by atoms with Gasteiger partial charge in [0.2, 0.25) is 0 Å². The number of hydrogen-bond acceptors (Lipinski definition) is 1. The Balaban J connectivity index is 3.72. The topological polar surface area (TPSA) is 12.0 Å². The third-order valence-electron chi connectivity index (χ3n) is 1.98. The van der Waals surface area contributed by atoms with Crippen molar-refractivity contribution in [3.05, 3.63) is 0 Å². The predicted molar refractivity (Wildman–Crippen MR) is 50.8 cm³/mol. The van der Waals surface area contributed by atoms with Crippen LogP contribution in [0.15, 0.2) is 0 Å². The molecule has 0 amide bonds. The molecule has 82 valence electrons. The Bertz CT molecular complexity index is 200. The minimum atomic E-state index is -4.05. The first-order valence-corrected chi connectivity index (χ1v) is 4.63. The van der Waals surface area contributed by atoms with E-state index >= 15 is 0 Å². The Morgan fingerprint density at radius 3 is 2.36 bits per heavy atom. The predicted octanol–water partition coefficient (Wildman–Crippen LogP) is 2.72. The van der Waals surface area contributed by atoms with Gasteiger partial charge < -0.3 is 5.32 Å². The van der Waals surface area contributed by atoms with Gasteiger partial charge in [-0.05, 0) is 26.8 Å². The van der Waals surface area contributed by atoms with Gasteiger partial charge in [0, 0.05) is 18.9 Å². The molecule has 4 heteroatoms. The maximum Gasteiger partial charge on any atom is 0.389 e. The second kappa shape index (κ2) is 6.72. The van der Waals surface area contributed by atoms with Crippen molar-refractivity contribution in [2.75, 3.05) is 7.05 Å². The second-order valence-electron chi connectivity index (χ2n) is 3.10. The molecule has 0 aromatic carbocycles. The van der Waals surface area contributed by atoms with E-state index in [1.165, 1.54) is 0 Å². The van der Waals surface area contributed by atoms with Gasteiger partial charge in [-0.2, -0.15) is 13.2 Å². The smallest absolute Gasteiger partial charge is 0.317 e. The van der Waals surface area contributed by atoms with Gasteiger partial charge in [-0.15, -0.1) is 11.8 Å². The van der Waals surface area contributed by atoms with E-state index in [-0.39, 0.29) is 12.5 Å². The summed E-state index contributed by atoms with van der Waals surface area (Å²) in [6.45, 7) is 1.73. The summed E-state index contributed by atoms with van der Waals surface area (Å²) >= 11 is 0. The van der Waals surface area contributed by atoms with Crippen molar-refractivity contribution in [1.29, 1.82) is 0 Å². The van der Waals surface area contributed by atoms with Crippen LogP contribution in [0.4, 0.5) is 13.2 Å². The van der Waals surface area contributed by atoms with E-state index in [1.807, 2.05) is 0 Å². The molecular formula is C10H16F3N. The molecule has 0 aromatic heterocycles. The van der Waals surface area contributed by atoms with Gasteiger partial charge in [-0.25, -0.2) is 0 Å². The largest absolute Gasteiger partial charge is 0.389 e. The Morgan fingerprint density at radius 1 is 1.29 bits per heavy atom. The summed E-state index contributed by atoms with van der Waals surface area (Å²) in [5.41, 5.74) is 0. The van der Waals surface area contributed by atoms with Gasteiger partial charge in [-0.3, -0.25) is 0 Å². The summed E-state index contributed by atoms with van der Waals surface area (Å²) in [6, 6.07) is -0.0857. The average molecular weight is 207 g/mol. The summed E-state index contributed by atoms with van der Waals surface area (Å²) < 4.78 is 35.7. The van der Waals surface area contributed by atoms with E-state index in [9.17, 15) is 13.2 Å². The Kier molecular flexibility index (Phi) is 6.39. The highest BCUT2D eigenvalue weighted by Crippen LogP contribution is 2.23. The third kappa shape index (κ3) is 7.93. The molecule has 1 N–H and O–H groups in total. The molecule has 0 saturated heterocycles. The van der Waals surface area contributed by atoms with Gasteiger partial charge in [0.05, 0.1) is 0 Å². The molecule has 0 saturated carbocycles. The summed E-state index contributed by atoms with van der Waals surface area (Å²) in [7, 11) is 1.68. The van der Waals surface area contributed by atoms with Crippen LogP contribution in [0, 0.1) is 11.8 Å². The van der Waals surface area contributed by atoms with E-state index in [4.69, 9.17) is 0 Å². The molecule has 0 fully saturated rings. The highest BCUT2D eigenvalue weighted by atomic mass is 19.4. The van der Waals surface area contributed by atoms with Crippen LogP contribution in [0.2, 0.25) is 0 Å². The molecule has 0 aromatic rings. The fourth-order valence-corrected chi connectivity index (χ4v) is 1.14. The fourth-order valence-electron chi connectivity index (χ4n) is 1.14. The molecule has 1 unspecified atom stereocenters. The van der Waals surface area contributed by atoms with E-state index in [2.05, 4.69) is 17.2 Å². The van der Waals surface area contributed by atoms with Gasteiger partial charge in [0.15, 0.2) is 0 Å². The standard InChI is InChI=1S/C10H16F3N/c1-3-4-5-6-9(14-2)7-8-10(11,12)13/h9,14H,5-8H2,1-2H3. The fraction of sp³-hybridized carbons (Fsp3) is 0.800. The molecule has 1 atom stereocenters. The highest BCUT2D eigenvalue weighted by molar-refractivity contribution is 4.95. The molecule has 0 bridgehead atoms. The average Bonchev–Trinajstić information content (AvgIpc) is 2.09. The van der Waals surface area contributed by atoms with E-state index in [0.717, 1.165) is 0 Å². The van der Waals surface area contributed by atoms with E-state index in [1.54, 1.807) is 14.0 Å². The molecular weight excluding hydrogens is 191 g/mol. The molecule has 0 spiro atoms. The summed E-state index contributed by atoms with van der Waals surface area (Å²) in [6.07, 6.45) is -3.32. The lowest BCUT2D eigenvalue weighted by molar-refractivity contribution is -0.136. The first-order valence-electron chi connectivity index (χ1n) is 4.63. The van der Waals surface area contributed by atoms with E-state index in [0.29, 0.717) is 12.8 Å². The van der Waals surface area contributed by atoms with Gasteiger partial charge in [0.1, 0.15) is 0 Å². The van der Waals surface area contributed by atoms with Gasteiger partial charge in [0.25, 0.3) is 0 Å². The lowest BCUT2D eigenvalue weighted by Gasteiger charge is -2.15. The minimum Gasteiger partial charge on any atom is -0.317 e. The van der Waals surface area contributed by atoms with Crippen LogP contribution in [0.25, 0.3) is 0 Å². The lowest BCUT2D eigenvalue weighted by Crippen LogP contribution is -2.26. The maximum absolute atomic E-state index is 11.9. The zero-order valence-corrected chi connectivity index (χ0v) is 8.54. The minimum absolute atomic E-state index is 0.0857. The quantitative estimate of drug-likeness (QED) is 0.683. The molecule has 1 nitrogen and oxygen atoms in total. The number of halogens is 3. The number of hydrogen-bond donors (Lipinski definition) is 1. The Labute approximate surface area is 83.1 Å². The molecule has 0 aliphatic rings. The van der Waals surface area contributed by atoms with Crippen LogP contribution in [0.1, 0.15) is 32.6 Å². The zero-order chi connectivity index (χ0) is 11.0. The first-order chi connectivity index (χ1) is 6.49. The van der Waals surface area contributed by atoms with Crippen LogP contribution >= 0.6 is 0 Å². The maximum atomic E-state index is 11.9. The van der Waals surface area contributed by atoms with Crippen molar-refractivity contribution < 1.29 is 13.2 Å². The highest BCUT2D eigenvalue weighted by Gasteiger charge is 2.27. The van der Waals surface area contributed by atoms with Crippen LogP contribution in [-0.2, 0) is 0 Å². The van der Waals surface area contributed by atoms with Crippen LogP contribution in [0.5, 0.6) is 0 Å². The summed E-state index contributed by atoms with van der Waals surface area (Å²) in [5.74, 6) is 5.56. The molecule has 0 aliphatic carbocycles. The number of alkyl halides is 3. The monoisotopic (exact) mass is 207 g/mol. The Morgan fingerprint density at radius 2 is 1.93 bits per heavy atom. The zero-order valence-electron chi connectivity index (χ0n) is 8.54. The number of rotatable bonds is 5. The van der Waals surface area contributed by atoms with Gasteiger partial charge in [-0.1, -0.05) is 0 Å². The Hall–Kier alpha value is -0.690. The summed E-state index contributed by atoms with van der Waals surface area (Å²) in [4.78, 5) is 0. The molecule has 0 heterocycles. The molecule has 0 rings (SSSR count). The lowest BCUT2D eigenvalue weighted by atomic mass is 10.1. The van der Waals surface area contributed by atoms with Crippen molar-refractivity contribution in [3.63, 3.8) is 0 Å². The van der Waals surface area contributed by atoms with Crippen molar-refractivity contribution >= 4 is 0 Å². The molecule has 0 aliphatic heterocycles. The number of nitrogens with one attached hydrogen (secondary N) is 1. The van der Waals surface area contributed by atoms with Crippen LogP contribution in [0.3, 0.4) is 0 Å². The van der Waals surface area contributed by atoms with Crippen molar-refractivity contribution in [1.82, 2.24) is 5.32 Å². The third-order valence-corrected chi connectivity index (χ3v) is 1.98. The normalized spacial score (nSPS) is 13.2. The second-order valence-corrected chi connectivity index (χ2v) is 3.10. The SMILES string of the molecule is CC#CCCC(CCC(F)(F)F)NC. The van der Waals surface area contributed by atoms with Crippen LogP contribution in [-0.4, -0.2) is 19.3 Å². The van der Waals surface area contributed by atoms with Crippen molar-refractivity contribution in [2.24, 2.45) is 0 Å². The molecule has 14 heavy (non-hydrogen) atoms. The van der Waals surface area contributed by atoms with E-state index < -0.39 is 12.6 Å². The van der Waals surface area contributed by atoms with Gasteiger partial charge >= 0.3 is 6.18 Å². The first kappa shape index (κ1) is 13.3. The van der Waals surface area contributed by atoms with Crippen LogP contribution < -0.4 is 5.32 Å². The molecule has 0 radical (unpaired) electrons. The van der Waals surface area contributed by atoms with Crippen molar-refractivity contribution in [3.8, 4) is 11.8 Å². The van der Waals surface area contributed by atoms with Crippen molar-refractivity contribution in [2.45, 2.75) is 44.8 Å². The summed E-state index contributed by atoms with van der Waals surface area (Å²) in [5, 5.41) is 2.87.